The maximum Gasteiger partial charge on any atom is 0.193 e. The Balaban J connectivity index is 1.68. The maximum atomic E-state index is 5.87. The van der Waals surface area contributed by atoms with Crippen LogP contribution in [0.25, 0.3) is 4.96 Å². The van der Waals surface area contributed by atoms with E-state index in [1.54, 1.807) is 11.3 Å². The van der Waals surface area contributed by atoms with E-state index in [1.165, 1.54) is 0 Å². The van der Waals surface area contributed by atoms with Crippen LogP contribution < -0.4 is 11.3 Å². The predicted octanol–water partition coefficient (Wildman–Crippen LogP) is 0.491. The minimum absolute atomic E-state index is 0.0916. The number of likely N-dealkylation sites (N-methyl/N-ethyl adjacent to an activating group) is 1. The number of morpholine rings is 1. The predicted molar refractivity (Wildman–Crippen MR) is 79.7 cm³/mol. The third kappa shape index (κ3) is 2.87. The minimum Gasteiger partial charge on any atom is -0.374 e. The zero-order chi connectivity index (χ0) is 13.9. The molecule has 0 saturated carbocycles. The van der Waals surface area contributed by atoms with Gasteiger partial charge < -0.3 is 4.74 Å². The number of aromatic nitrogens is 2. The Morgan fingerprint density at radius 1 is 1.65 bits per heavy atom. The summed E-state index contributed by atoms with van der Waals surface area (Å²) in [7, 11) is 0. The molecule has 0 aromatic carbocycles. The van der Waals surface area contributed by atoms with Gasteiger partial charge in [-0.1, -0.05) is 6.92 Å². The quantitative estimate of drug-likeness (QED) is 0.621. The van der Waals surface area contributed by atoms with Gasteiger partial charge in [0.15, 0.2) is 4.96 Å². The molecule has 2 atom stereocenters. The second-order valence-electron chi connectivity index (χ2n) is 5.10. The van der Waals surface area contributed by atoms with Crippen molar-refractivity contribution in [3.05, 3.63) is 23.5 Å². The summed E-state index contributed by atoms with van der Waals surface area (Å²) in [6, 6.07) is 0.0916. The summed E-state index contributed by atoms with van der Waals surface area (Å²) in [6.07, 6.45) is 4.99. The fourth-order valence-electron chi connectivity index (χ4n) is 2.66. The smallest absolute Gasteiger partial charge is 0.193 e. The molecule has 1 saturated heterocycles. The van der Waals surface area contributed by atoms with Crippen molar-refractivity contribution >= 4 is 16.3 Å². The van der Waals surface area contributed by atoms with E-state index in [0.717, 1.165) is 43.3 Å². The molecular weight excluding hydrogens is 274 g/mol. The number of nitrogens with one attached hydrogen (secondary N) is 1. The van der Waals surface area contributed by atoms with E-state index in [1.807, 2.05) is 16.0 Å². The van der Waals surface area contributed by atoms with E-state index in [4.69, 9.17) is 10.6 Å². The summed E-state index contributed by atoms with van der Waals surface area (Å²) in [5.74, 6) is 5.73. The molecular formula is C13H21N5OS. The molecule has 2 aromatic heterocycles. The Labute approximate surface area is 122 Å². The molecule has 1 fully saturated rings. The fraction of sp³-hybridized carbons (Fsp3) is 0.615. The van der Waals surface area contributed by atoms with Crippen LogP contribution in [0.3, 0.4) is 0 Å². The number of nitrogens with two attached hydrogens (primary N) is 1. The third-order valence-electron chi connectivity index (χ3n) is 3.86. The Hall–Kier alpha value is -0.990. The molecule has 0 bridgehead atoms. The molecule has 0 spiro atoms. The molecule has 0 radical (unpaired) electrons. The lowest BCUT2D eigenvalue weighted by Crippen LogP contribution is -2.54. The summed E-state index contributed by atoms with van der Waals surface area (Å²) in [5.41, 5.74) is 3.96. The van der Waals surface area contributed by atoms with Gasteiger partial charge in [-0.2, -0.15) is 0 Å². The van der Waals surface area contributed by atoms with E-state index in [0.29, 0.717) is 0 Å². The van der Waals surface area contributed by atoms with E-state index < -0.39 is 0 Å². The molecule has 0 aliphatic carbocycles. The van der Waals surface area contributed by atoms with Gasteiger partial charge in [-0.05, 0) is 6.54 Å². The van der Waals surface area contributed by atoms with Crippen LogP contribution in [-0.4, -0.2) is 52.7 Å². The Bertz CT molecular complexity index is 525. The van der Waals surface area contributed by atoms with E-state index in [9.17, 15) is 0 Å². The molecule has 0 amide bonds. The van der Waals surface area contributed by atoms with Crippen LogP contribution in [0, 0.1) is 0 Å². The SMILES string of the molecule is CCN1CCOC(C(Cc2cn3ccsc3n2)NN)C1. The summed E-state index contributed by atoms with van der Waals surface area (Å²) in [5, 5.41) is 2.04. The highest BCUT2D eigenvalue weighted by Gasteiger charge is 2.27. The summed E-state index contributed by atoms with van der Waals surface area (Å²) in [4.78, 5) is 8.03. The van der Waals surface area contributed by atoms with Crippen LogP contribution in [0.4, 0.5) is 0 Å². The van der Waals surface area contributed by atoms with Crippen molar-refractivity contribution in [2.75, 3.05) is 26.2 Å². The molecule has 2 aromatic rings. The Morgan fingerprint density at radius 2 is 2.55 bits per heavy atom. The molecule has 7 heteroatoms. The molecule has 3 rings (SSSR count). The maximum absolute atomic E-state index is 5.87. The van der Waals surface area contributed by atoms with Crippen molar-refractivity contribution in [2.24, 2.45) is 5.84 Å². The number of hydrogen-bond acceptors (Lipinski definition) is 6. The Kier molecular flexibility index (Phi) is 4.32. The van der Waals surface area contributed by atoms with Gasteiger partial charge in [0.25, 0.3) is 0 Å². The van der Waals surface area contributed by atoms with E-state index in [2.05, 4.69) is 28.4 Å². The number of thiazole rings is 1. The van der Waals surface area contributed by atoms with Crippen LogP contribution in [-0.2, 0) is 11.2 Å². The van der Waals surface area contributed by atoms with Crippen LogP contribution in [0.1, 0.15) is 12.6 Å². The monoisotopic (exact) mass is 295 g/mol. The van der Waals surface area contributed by atoms with Gasteiger partial charge in [-0.25, -0.2) is 4.98 Å². The number of nitrogens with zero attached hydrogens (tertiary/aromatic N) is 3. The topological polar surface area (TPSA) is 67.8 Å². The van der Waals surface area contributed by atoms with Gasteiger partial charge in [0.05, 0.1) is 24.4 Å². The molecule has 2 unspecified atom stereocenters. The first-order valence-corrected chi connectivity index (χ1v) is 7.89. The normalized spacial score (nSPS) is 22.4. The lowest BCUT2D eigenvalue weighted by Gasteiger charge is -2.36. The summed E-state index contributed by atoms with van der Waals surface area (Å²) < 4.78 is 7.92. The van der Waals surface area contributed by atoms with Crippen molar-refractivity contribution in [1.29, 1.82) is 0 Å². The number of hydrogen-bond donors (Lipinski definition) is 2. The minimum atomic E-state index is 0.0916. The average molecular weight is 295 g/mol. The van der Waals surface area contributed by atoms with Gasteiger partial charge in [0, 0.05) is 37.3 Å². The number of imidazole rings is 1. The van der Waals surface area contributed by atoms with Crippen LogP contribution >= 0.6 is 11.3 Å². The highest BCUT2D eigenvalue weighted by atomic mass is 32.1. The van der Waals surface area contributed by atoms with Gasteiger partial charge >= 0.3 is 0 Å². The largest absolute Gasteiger partial charge is 0.374 e. The molecule has 20 heavy (non-hydrogen) atoms. The van der Waals surface area contributed by atoms with Gasteiger partial charge in [0.2, 0.25) is 0 Å². The van der Waals surface area contributed by atoms with Gasteiger partial charge in [-0.15, -0.1) is 11.3 Å². The Morgan fingerprint density at radius 3 is 3.30 bits per heavy atom. The van der Waals surface area contributed by atoms with Crippen LogP contribution in [0.15, 0.2) is 17.8 Å². The lowest BCUT2D eigenvalue weighted by molar-refractivity contribution is -0.0449. The number of hydrazine groups is 1. The van der Waals surface area contributed by atoms with Crippen molar-refractivity contribution in [3.63, 3.8) is 0 Å². The molecule has 1 aliphatic heterocycles. The zero-order valence-electron chi connectivity index (χ0n) is 11.7. The zero-order valence-corrected chi connectivity index (χ0v) is 12.5. The first kappa shape index (κ1) is 14.0. The second kappa shape index (κ2) is 6.19. The van der Waals surface area contributed by atoms with Gasteiger partial charge in [0.1, 0.15) is 0 Å². The summed E-state index contributed by atoms with van der Waals surface area (Å²) in [6.45, 7) is 5.93. The van der Waals surface area contributed by atoms with Crippen LogP contribution in [0.5, 0.6) is 0 Å². The average Bonchev–Trinajstić information content (AvgIpc) is 3.05. The van der Waals surface area contributed by atoms with Crippen molar-refractivity contribution < 1.29 is 4.74 Å². The molecule has 1 aliphatic rings. The first-order chi connectivity index (χ1) is 9.80. The van der Waals surface area contributed by atoms with Gasteiger partial charge in [-0.3, -0.25) is 20.6 Å². The van der Waals surface area contributed by atoms with Crippen LogP contribution in [0.2, 0.25) is 0 Å². The first-order valence-electron chi connectivity index (χ1n) is 7.01. The number of ether oxygens (including phenoxy) is 1. The molecule has 110 valence electrons. The molecule has 3 N–H and O–H groups in total. The highest BCUT2D eigenvalue weighted by Crippen LogP contribution is 2.16. The highest BCUT2D eigenvalue weighted by molar-refractivity contribution is 7.15. The standard InChI is InChI=1S/C13H21N5OS/c1-2-17-3-5-19-12(9-17)11(16-14)7-10-8-18-4-6-20-13(18)15-10/h4,6,8,11-12,16H,2-3,5,7,9,14H2,1H3. The summed E-state index contributed by atoms with van der Waals surface area (Å²) >= 11 is 1.64. The molecule has 3 heterocycles. The van der Waals surface area contributed by atoms with Crippen molar-refractivity contribution in [3.8, 4) is 0 Å². The second-order valence-corrected chi connectivity index (χ2v) is 5.98. The third-order valence-corrected chi connectivity index (χ3v) is 4.63. The van der Waals surface area contributed by atoms with E-state index in [-0.39, 0.29) is 12.1 Å². The molecule has 6 nitrogen and oxygen atoms in total. The van der Waals surface area contributed by atoms with E-state index >= 15 is 0 Å². The van der Waals surface area contributed by atoms with Crippen molar-refractivity contribution in [1.82, 2.24) is 19.7 Å². The fourth-order valence-corrected chi connectivity index (χ4v) is 3.38. The number of rotatable bonds is 5. The number of fused-ring (bicyclic) bond motifs is 1. The lowest BCUT2D eigenvalue weighted by atomic mass is 10.0. The van der Waals surface area contributed by atoms with Crippen molar-refractivity contribution in [2.45, 2.75) is 25.5 Å².